The van der Waals surface area contributed by atoms with Crippen molar-refractivity contribution < 1.29 is 8.42 Å². The van der Waals surface area contributed by atoms with Crippen molar-refractivity contribution in [3.63, 3.8) is 0 Å². The Labute approximate surface area is 137 Å². The second kappa shape index (κ2) is 6.82. The van der Waals surface area contributed by atoms with Gasteiger partial charge >= 0.3 is 0 Å². The highest BCUT2D eigenvalue weighted by Gasteiger charge is 2.14. The van der Waals surface area contributed by atoms with E-state index in [-0.39, 0.29) is 6.04 Å². The van der Waals surface area contributed by atoms with Crippen molar-refractivity contribution >= 4 is 21.4 Å². The molecule has 5 heteroatoms. The maximum absolute atomic E-state index is 11.5. The van der Waals surface area contributed by atoms with E-state index < -0.39 is 9.84 Å². The first-order valence-electron chi connectivity index (χ1n) is 7.02. The summed E-state index contributed by atoms with van der Waals surface area (Å²) in [4.78, 5) is 2.52. The molecule has 0 heterocycles. The number of rotatable bonds is 5. The van der Waals surface area contributed by atoms with E-state index in [1.165, 1.54) is 6.26 Å². The minimum absolute atomic E-state index is 0.157. The molecular formula is C17H20ClNO2S. The summed E-state index contributed by atoms with van der Waals surface area (Å²) in [5, 5.41) is 0.758. The van der Waals surface area contributed by atoms with Crippen molar-refractivity contribution in [3.05, 3.63) is 64.7 Å². The van der Waals surface area contributed by atoms with Gasteiger partial charge in [-0.3, -0.25) is 4.90 Å². The summed E-state index contributed by atoms with van der Waals surface area (Å²) < 4.78 is 23.0. The average molecular weight is 338 g/mol. The van der Waals surface area contributed by atoms with Gasteiger partial charge in [-0.1, -0.05) is 41.9 Å². The fourth-order valence-corrected chi connectivity index (χ4v) is 3.11. The minimum atomic E-state index is -3.15. The zero-order valence-electron chi connectivity index (χ0n) is 13.0. The molecule has 118 valence electrons. The van der Waals surface area contributed by atoms with E-state index in [9.17, 15) is 8.42 Å². The molecule has 0 saturated heterocycles. The zero-order chi connectivity index (χ0) is 16.3. The lowest BCUT2D eigenvalue weighted by Gasteiger charge is -2.25. The molecule has 0 aliphatic rings. The first-order valence-corrected chi connectivity index (χ1v) is 9.29. The highest BCUT2D eigenvalue weighted by atomic mass is 35.5. The highest BCUT2D eigenvalue weighted by Crippen LogP contribution is 2.24. The van der Waals surface area contributed by atoms with Gasteiger partial charge in [-0.25, -0.2) is 8.42 Å². The van der Waals surface area contributed by atoms with Gasteiger partial charge in [0.15, 0.2) is 9.84 Å². The van der Waals surface area contributed by atoms with Crippen molar-refractivity contribution in [1.29, 1.82) is 0 Å². The Kier molecular flexibility index (Phi) is 5.27. The molecule has 1 unspecified atom stereocenters. The molecule has 22 heavy (non-hydrogen) atoms. The van der Waals surface area contributed by atoms with Crippen LogP contribution in [0, 0.1) is 0 Å². The molecule has 0 radical (unpaired) electrons. The Balaban J connectivity index is 2.14. The molecule has 2 rings (SSSR count). The third kappa shape index (κ3) is 4.09. The maximum atomic E-state index is 11.5. The lowest BCUT2D eigenvalue weighted by molar-refractivity contribution is 0.253. The lowest BCUT2D eigenvalue weighted by atomic mass is 10.1. The van der Waals surface area contributed by atoms with E-state index >= 15 is 0 Å². The van der Waals surface area contributed by atoms with Gasteiger partial charge in [-0.15, -0.1) is 0 Å². The van der Waals surface area contributed by atoms with Gasteiger partial charge in [0.1, 0.15) is 0 Å². The molecule has 2 aromatic rings. The SMILES string of the molecule is CC(c1ccc(S(C)(=O)=O)cc1)N(C)Cc1ccccc1Cl. The molecule has 0 bridgehead atoms. The molecule has 0 aliphatic carbocycles. The van der Waals surface area contributed by atoms with Crippen molar-refractivity contribution in [1.82, 2.24) is 4.90 Å². The predicted octanol–water partition coefficient (Wildman–Crippen LogP) is 3.94. The van der Waals surface area contributed by atoms with E-state index in [1.54, 1.807) is 12.1 Å². The standard InChI is InChI=1S/C17H20ClNO2S/c1-13(14-8-10-16(11-9-14)22(3,20)21)19(2)12-15-6-4-5-7-17(15)18/h4-11,13H,12H2,1-3H3. The summed E-state index contributed by atoms with van der Waals surface area (Å²) in [6.07, 6.45) is 1.22. The second-order valence-corrected chi connectivity index (χ2v) is 7.95. The van der Waals surface area contributed by atoms with Crippen LogP contribution in [-0.2, 0) is 16.4 Å². The van der Waals surface area contributed by atoms with E-state index in [4.69, 9.17) is 11.6 Å². The first-order chi connectivity index (χ1) is 10.3. The zero-order valence-corrected chi connectivity index (χ0v) is 14.5. The minimum Gasteiger partial charge on any atom is -0.295 e. The summed E-state index contributed by atoms with van der Waals surface area (Å²) in [5.41, 5.74) is 2.15. The van der Waals surface area contributed by atoms with Crippen LogP contribution in [0.2, 0.25) is 5.02 Å². The normalized spacial score (nSPS) is 13.3. The summed E-state index contributed by atoms with van der Waals surface area (Å²) in [6.45, 7) is 2.82. The smallest absolute Gasteiger partial charge is 0.175 e. The Morgan fingerprint density at radius 1 is 1.09 bits per heavy atom. The fourth-order valence-electron chi connectivity index (χ4n) is 2.28. The van der Waals surface area contributed by atoms with Gasteiger partial charge in [-0.05, 0) is 43.3 Å². The molecule has 0 fully saturated rings. The third-order valence-corrected chi connectivity index (χ3v) is 5.33. The van der Waals surface area contributed by atoms with Crippen molar-refractivity contribution in [2.75, 3.05) is 13.3 Å². The van der Waals surface area contributed by atoms with Crippen LogP contribution in [-0.4, -0.2) is 26.6 Å². The molecule has 0 N–H and O–H groups in total. The monoisotopic (exact) mass is 337 g/mol. The molecule has 0 saturated carbocycles. The van der Waals surface area contributed by atoms with Crippen LogP contribution >= 0.6 is 11.6 Å². The molecule has 0 amide bonds. The first kappa shape index (κ1) is 17.0. The molecular weight excluding hydrogens is 318 g/mol. The van der Waals surface area contributed by atoms with Crippen LogP contribution in [0.5, 0.6) is 0 Å². The third-order valence-electron chi connectivity index (χ3n) is 3.83. The van der Waals surface area contributed by atoms with Crippen LogP contribution in [0.1, 0.15) is 24.1 Å². The Morgan fingerprint density at radius 3 is 2.23 bits per heavy atom. The van der Waals surface area contributed by atoms with Gasteiger partial charge in [0.2, 0.25) is 0 Å². The molecule has 0 aromatic heterocycles. The predicted molar refractivity (Wildman–Crippen MR) is 90.9 cm³/mol. The Bertz CT molecular complexity index is 742. The highest BCUT2D eigenvalue weighted by molar-refractivity contribution is 7.90. The van der Waals surface area contributed by atoms with Crippen LogP contribution in [0.25, 0.3) is 0 Å². The number of hydrogen-bond acceptors (Lipinski definition) is 3. The Hall–Kier alpha value is -1.36. The van der Waals surface area contributed by atoms with Crippen molar-refractivity contribution in [2.45, 2.75) is 24.4 Å². The number of sulfone groups is 1. The van der Waals surface area contributed by atoms with E-state index in [2.05, 4.69) is 11.8 Å². The number of hydrogen-bond donors (Lipinski definition) is 0. The van der Waals surface area contributed by atoms with E-state index in [0.717, 1.165) is 22.7 Å². The van der Waals surface area contributed by atoms with Crippen LogP contribution in [0.3, 0.4) is 0 Å². The fraction of sp³-hybridized carbons (Fsp3) is 0.294. The topological polar surface area (TPSA) is 37.4 Å². The maximum Gasteiger partial charge on any atom is 0.175 e. The number of benzene rings is 2. The van der Waals surface area contributed by atoms with Gasteiger partial charge in [0.05, 0.1) is 4.90 Å². The van der Waals surface area contributed by atoms with Gasteiger partial charge in [0, 0.05) is 23.9 Å². The summed E-state index contributed by atoms with van der Waals surface area (Å²) in [7, 11) is -1.12. The van der Waals surface area contributed by atoms with Crippen LogP contribution < -0.4 is 0 Å². The number of nitrogens with zero attached hydrogens (tertiary/aromatic N) is 1. The van der Waals surface area contributed by atoms with E-state index in [1.807, 2.05) is 43.4 Å². The molecule has 0 spiro atoms. The van der Waals surface area contributed by atoms with Gasteiger partial charge in [0.25, 0.3) is 0 Å². The van der Waals surface area contributed by atoms with Crippen molar-refractivity contribution in [2.24, 2.45) is 0 Å². The quantitative estimate of drug-likeness (QED) is 0.829. The average Bonchev–Trinajstić information content (AvgIpc) is 2.48. The molecule has 3 nitrogen and oxygen atoms in total. The van der Waals surface area contributed by atoms with Crippen molar-refractivity contribution in [3.8, 4) is 0 Å². The Morgan fingerprint density at radius 2 is 1.68 bits per heavy atom. The van der Waals surface area contributed by atoms with Crippen LogP contribution in [0.15, 0.2) is 53.4 Å². The van der Waals surface area contributed by atoms with Crippen LogP contribution in [0.4, 0.5) is 0 Å². The molecule has 0 aliphatic heterocycles. The lowest BCUT2D eigenvalue weighted by Crippen LogP contribution is -2.22. The summed E-state index contributed by atoms with van der Waals surface area (Å²) in [5.74, 6) is 0. The second-order valence-electron chi connectivity index (χ2n) is 5.52. The number of halogens is 1. The molecule has 2 aromatic carbocycles. The van der Waals surface area contributed by atoms with E-state index in [0.29, 0.717) is 4.90 Å². The summed E-state index contributed by atoms with van der Waals surface area (Å²) in [6, 6.07) is 15.0. The molecule has 1 atom stereocenters. The largest absolute Gasteiger partial charge is 0.295 e. The summed E-state index contributed by atoms with van der Waals surface area (Å²) >= 11 is 6.20. The van der Waals surface area contributed by atoms with Gasteiger partial charge < -0.3 is 0 Å². The van der Waals surface area contributed by atoms with Gasteiger partial charge in [-0.2, -0.15) is 0 Å².